The molecule has 1 unspecified atom stereocenters. The number of hydrogen-bond acceptors (Lipinski definition) is 4. The Morgan fingerprint density at radius 3 is 2.89 bits per heavy atom. The molecule has 8 heteroatoms. The summed E-state index contributed by atoms with van der Waals surface area (Å²) in [5, 5.41) is 0.286. The lowest BCUT2D eigenvalue weighted by Gasteiger charge is -2.16. The topological polar surface area (TPSA) is 90.0 Å². The highest BCUT2D eigenvalue weighted by Gasteiger charge is 2.35. The predicted molar refractivity (Wildman–Crippen MR) is 73.7 cm³/mol. The van der Waals surface area contributed by atoms with Gasteiger partial charge >= 0.3 is 0 Å². The third kappa shape index (κ3) is 2.79. The summed E-state index contributed by atoms with van der Waals surface area (Å²) in [7, 11) is -3.49. The molecule has 6 nitrogen and oxygen atoms in total. The summed E-state index contributed by atoms with van der Waals surface area (Å²) in [5.74, 6) is 1.27. The maximum atomic E-state index is 12.3. The molecule has 1 saturated carbocycles. The van der Waals surface area contributed by atoms with Crippen LogP contribution in [0.25, 0.3) is 0 Å². The molecule has 1 atom stereocenters. The molecule has 0 bridgehead atoms. The molecular weight excluding hydrogens is 288 g/mol. The molecule has 3 N–H and O–H groups in total. The number of fused-ring (bicyclic) bond motifs is 1. The van der Waals surface area contributed by atoms with Crippen molar-refractivity contribution >= 4 is 22.4 Å². The SMILES string of the molecule is Cl.NCC(NS(=O)(=O)c1cnc2n1CCC2)C1CC1. The van der Waals surface area contributed by atoms with Crippen LogP contribution in [0.5, 0.6) is 0 Å². The molecule has 19 heavy (non-hydrogen) atoms. The molecule has 1 aliphatic carbocycles. The lowest BCUT2D eigenvalue weighted by molar-refractivity contribution is 0.511. The molecular formula is C11H19ClN4O2S. The maximum absolute atomic E-state index is 12.3. The van der Waals surface area contributed by atoms with Gasteiger partial charge in [0, 0.05) is 25.6 Å². The van der Waals surface area contributed by atoms with Crippen LogP contribution >= 0.6 is 12.4 Å². The fraction of sp³-hybridized carbons (Fsp3) is 0.727. The van der Waals surface area contributed by atoms with Gasteiger partial charge in [0.1, 0.15) is 5.82 Å². The van der Waals surface area contributed by atoms with E-state index in [-0.39, 0.29) is 23.5 Å². The number of halogens is 1. The molecule has 2 heterocycles. The van der Waals surface area contributed by atoms with Gasteiger partial charge in [-0.15, -0.1) is 12.4 Å². The summed E-state index contributed by atoms with van der Waals surface area (Å²) in [5.41, 5.74) is 5.64. The van der Waals surface area contributed by atoms with Crippen LogP contribution in [0.3, 0.4) is 0 Å². The molecule has 1 fully saturated rings. The molecule has 1 aromatic rings. The van der Waals surface area contributed by atoms with Crippen LogP contribution < -0.4 is 10.5 Å². The van der Waals surface area contributed by atoms with E-state index in [0.717, 1.165) is 38.1 Å². The second kappa shape index (κ2) is 5.40. The van der Waals surface area contributed by atoms with Crippen molar-refractivity contribution in [2.24, 2.45) is 11.7 Å². The standard InChI is InChI=1S/C11H18N4O2S.ClH/c12-6-9(8-3-4-8)14-18(16,17)11-7-13-10-2-1-5-15(10)11;/h7-9,14H,1-6,12H2;1H. The second-order valence-corrected chi connectivity index (χ2v) is 6.73. The number of sulfonamides is 1. The molecule has 108 valence electrons. The Morgan fingerprint density at radius 2 is 2.26 bits per heavy atom. The highest BCUT2D eigenvalue weighted by molar-refractivity contribution is 7.89. The average molecular weight is 307 g/mol. The number of aromatic nitrogens is 2. The Hall–Kier alpha value is -0.630. The minimum Gasteiger partial charge on any atom is -0.329 e. The maximum Gasteiger partial charge on any atom is 0.258 e. The van der Waals surface area contributed by atoms with E-state index >= 15 is 0 Å². The van der Waals surface area contributed by atoms with Crippen molar-refractivity contribution in [2.45, 2.75) is 43.3 Å². The van der Waals surface area contributed by atoms with Crippen LogP contribution in [-0.4, -0.2) is 30.6 Å². The monoisotopic (exact) mass is 306 g/mol. The number of nitrogens with two attached hydrogens (primary N) is 1. The number of imidazole rings is 1. The molecule has 0 radical (unpaired) electrons. The van der Waals surface area contributed by atoms with E-state index < -0.39 is 10.0 Å². The Kier molecular flexibility index (Phi) is 4.20. The van der Waals surface area contributed by atoms with E-state index in [9.17, 15) is 8.42 Å². The Balaban J connectivity index is 0.00000133. The van der Waals surface area contributed by atoms with Gasteiger partial charge in [-0.3, -0.25) is 0 Å². The van der Waals surface area contributed by atoms with Crippen molar-refractivity contribution in [3.63, 3.8) is 0 Å². The van der Waals surface area contributed by atoms with E-state index in [4.69, 9.17) is 5.73 Å². The summed E-state index contributed by atoms with van der Waals surface area (Å²) in [6, 6.07) is -0.137. The van der Waals surface area contributed by atoms with E-state index in [1.807, 2.05) is 0 Å². The quantitative estimate of drug-likeness (QED) is 0.817. The van der Waals surface area contributed by atoms with Crippen LogP contribution in [0.15, 0.2) is 11.2 Å². The highest BCUT2D eigenvalue weighted by Crippen LogP contribution is 2.33. The molecule has 3 rings (SSSR count). The Labute approximate surface area is 119 Å². The first-order valence-electron chi connectivity index (χ1n) is 6.38. The van der Waals surface area contributed by atoms with Crippen molar-refractivity contribution in [2.75, 3.05) is 6.54 Å². The van der Waals surface area contributed by atoms with Gasteiger partial charge in [0.05, 0.1) is 6.20 Å². The van der Waals surface area contributed by atoms with Crippen LogP contribution in [0.1, 0.15) is 25.1 Å². The minimum absolute atomic E-state index is 0. The number of nitrogens with zero attached hydrogens (tertiary/aromatic N) is 2. The zero-order valence-electron chi connectivity index (χ0n) is 10.6. The largest absolute Gasteiger partial charge is 0.329 e. The van der Waals surface area contributed by atoms with Crippen molar-refractivity contribution < 1.29 is 8.42 Å². The number of rotatable bonds is 5. The van der Waals surface area contributed by atoms with Gasteiger partial charge in [-0.2, -0.15) is 0 Å². The zero-order valence-corrected chi connectivity index (χ0v) is 12.2. The van der Waals surface area contributed by atoms with Gasteiger partial charge in [0.2, 0.25) is 0 Å². The van der Waals surface area contributed by atoms with E-state index in [0.29, 0.717) is 12.5 Å². The minimum atomic E-state index is -3.49. The lowest BCUT2D eigenvalue weighted by atomic mass is 10.2. The second-order valence-electron chi connectivity index (χ2n) is 5.07. The zero-order chi connectivity index (χ0) is 12.8. The van der Waals surface area contributed by atoms with Gasteiger partial charge in [0.25, 0.3) is 10.0 Å². The summed E-state index contributed by atoms with van der Waals surface area (Å²) in [6.07, 6.45) is 5.41. The van der Waals surface area contributed by atoms with Gasteiger partial charge < -0.3 is 10.3 Å². The van der Waals surface area contributed by atoms with Crippen molar-refractivity contribution in [3.8, 4) is 0 Å². The molecule has 1 aromatic heterocycles. The van der Waals surface area contributed by atoms with Gasteiger partial charge in [-0.05, 0) is 25.2 Å². The molecule has 0 saturated heterocycles. The normalized spacial score (nSPS) is 19.8. The number of nitrogens with one attached hydrogen (secondary N) is 1. The fourth-order valence-electron chi connectivity index (χ4n) is 2.54. The Bertz CT molecular complexity index is 553. The van der Waals surface area contributed by atoms with Crippen molar-refractivity contribution in [3.05, 3.63) is 12.0 Å². The molecule has 0 aromatic carbocycles. The molecule has 0 spiro atoms. The number of hydrogen-bond donors (Lipinski definition) is 2. The van der Waals surface area contributed by atoms with E-state index in [2.05, 4.69) is 9.71 Å². The van der Waals surface area contributed by atoms with Crippen molar-refractivity contribution in [1.82, 2.24) is 14.3 Å². The van der Waals surface area contributed by atoms with Crippen LogP contribution in [0, 0.1) is 5.92 Å². The highest BCUT2D eigenvalue weighted by atomic mass is 35.5. The van der Waals surface area contributed by atoms with Crippen LogP contribution in [0.4, 0.5) is 0 Å². The molecule has 2 aliphatic rings. The fourth-order valence-corrected chi connectivity index (χ4v) is 4.03. The number of aryl methyl sites for hydroxylation is 1. The predicted octanol–water partition coefficient (Wildman–Crippen LogP) is 0.267. The third-order valence-electron chi connectivity index (χ3n) is 3.71. The van der Waals surface area contributed by atoms with Gasteiger partial charge in [-0.25, -0.2) is 18.1 Å². The van der Waals surface area contributed by atoms with Crippen LogP contribution in [0.2, 0.25) is 0 Å². The summed E-state index contributed by atoms with van der Waals surface area (Å²) in [4.78, 5) is 4.17. The summed E-state index contributed by atoms with van der Waals surface area (Å²) >= 11 is 0. The average Bonchev–Trinajstić information content (AvgIpc) is 2.91. The smallest absolute Gasteiger partial charge is 0.258 e. The van der Waals surface area contributed by atoms with Gasteiger partial charge in [-0.1, -0.05) is 0 Å². The molecule has 1 aliphatic heterocycles. The van der Waals surface area contributed by atoms with Gasteiger partial charge in [0.15, 0.2) is 5.03 Å². The lowest BCUT2D eigenvalue weighted by Crippen LogP contribution is -2.42. The van der Waals surface area contributed by atoms with Crippen LogP contribution in [-0.2, 0) is 23.0 Å². The Morgan fingerprint density at radius 1 is 1.53 bits per heavy atom. The first-order valence-corrected chi connectivity index (χ1v) is 7.87. The first kappa shape index (κ1) is 14.8. The van der Waals surface area contributed by atoms with Crippen molar-refractivity contribution in [1.29, 1.82) is 0 Å². The summed E-state index contributed by atoms with van der Waals surface area (Å²) < 4.78 is 29.2. The first-order chi connectivity index (χ1) is 8.62. The van der Waals surface area contributed by atoms with E-state index in [1.54, 1.807) is 4.57 Å². The molecule has 0 amide bonds. The summed E-state index contributed by atoms with van der Waals surface area (Å²) in [6.45, 7) is 1.09. The third-order valence-corrected chi connectivity index (χ3v) is 5.20. The van der Waals surface area contributed by atoms with E-state index in [1.165, 1.54) is 6.20 Å².